The van der Waals surface area contributed by atoms with Gasteiger partial charge in [0.05, 0.1) is 6.54 Å². The van der Waals surface area contributed by atoms with Gasteiger partial charge in [-0.05, 0) is 12.0 Å². The summed E-state index contributed by atoms with van der Waals surface area (Å²) in [5, 5.41) is 2.75. The molecule has 1 amide bonds. The molecule has 0 spiro atoms. The van der Waals surface area contributed by atoms with E-state index in [1.54, 1.807) is 0 Å². The summed E-state index contributed by atoms with van der Waals surface area (Å²) in [6, 6.07) is 9.64. The van der Waals surface area contributed by atoms with Crippen molar-refractivity contribution < 1.29 is 14.3 Å². The van der Waals surface area contributed by atoms with Gasteiger partial charge in [0.15, 0.2) is 6.29 Å². The van der Waals surface area contributed by atoms with Crippen LogP contribution >= 0.6 is 0 Å². The number of benzene rings is 1. The zero-order chi connectivity index (χ0) is 14.1. The second kappa shape index (κ2) is 8.63. The molecule has 3 N–H and O–H groups in total. The zero-order valence-corrected chi connectivity index (χ0v) is 11.5. The Bertz CT molecular complexity index is 366. The number of hydrogen-bond acceptors (Lipinski definition) is 4. The van der Waals surface area contributed by atoms with Gasteiger partial charge in [0.25, 0.3) is 0 Å². The summed E-state index contributed by atoms with van der Waals surface area (Å²) in [5.41, 5.74) is 7.07. The van der Waals surface area contributed by atoms with Crippen LogP contribution in [0.25, 0.3) is 0 Å². The van der Waals surface area contributed by atoms with E-state index < -0.39 is 6.29 Å². The standard InChI is InChI=1S/C14H22N2O3/c1-18-14(19-2)10-16-13(17)9-8-12(15)11-6-4-3-5-7-11/h3-7,12,14H,8-10,15H2,1-2H3,(H,16,17). The summed E-state index contributed by atoms with van der Waals surface area (Å²) in [6.45, 7) is 0.340. The van der Waals surface area contributed by atoms with E-state index in [-0.39, 0.29) is 11.9 Å². The van der Waals surface area contributed by atoms with Crippen LogP contribution in [0.1, 0.15) is 24.4 Å². The third-order valence-corrected chi connectivity index (χ3v) is 2.90. The Hall–Kier alpha value is -1.43. The molecule has 0 radical (unpaired) electrons. The van der Waals surface area contributed by atoms with Crippen molar-refractivity contribution in [3.05, 3.63) is 35.9 Å². The molecular formula is C14H22N2O3. The summed E-state index contributed by atoms with van der Waals surface area (Å²) in [7, 11) is 3.07. The number of ether oxygens (including phenoxy) is 2. The van der Waals surface area contributed by atoms with Crippen LogP contribution in [-0.2, 0) is 14.3 Å². The summed E-state index contributed by atoms with van der Waals surface area (Å²) in [5.74, 6) is -0.0505. The molecule has 0 saturated carbocycles. The fourth-order valence-electron chi connectivity index (χ4n) is 1.70. The second-order valence-electron chi connectivity index (χ2n) is 4.26. The molecule has 0 saturated heterocycles. The average Bonchev–Trinajstić information content (AvgIpc) is 2.46. The van der Waals surface area contributed by atoms with E-state index >= 15 is 0 Å². The first kappa shape index (κ1) is 15.6. The van der Waals surface area contributed by atoms with Crippen molar-refractivity contribution >= 4 is 5.91 Å². The predicted octanol–water partition coefficient (Wildman–Crippen LogP) is 1.20. The van der Waals surface area contributed by atoms with Crippen LogP contribution in [0.5, 0.6) is 0 Å². The van der Waals surface area contributed by atoms with Crippen LogP contribution in [0.2, 0.25) is 0 Å². The first-order chi connectivity index (χ1) is 9.17. The molecule has 0 bridgehead atoms. The van der Waals surface area contributed by atoms with E-state index in [1.807, 2.05) is 30.3 Å². The zero-order valence-electron chi connectivity index (χ0n) is 11.5. The van der Waals surface area contributed by atoms with Gasteiger partial charge in [-0.3, -0.25) is 4.79 Å². The minimum Gasteiger partial charge on any atom is -0.354 e. The molecule has 0 fully saturated rings. The molecule has 1 aromatic rings. The Balaban J connectivity index is 2.27. The Kier molecular flexibility index (Phi) is 7.10. The van der Waals surface area contributed by atoms with Crippen LogP contribution in [0.3, 0.4) is 0 Å². The lowest BCUT2D eigenvalue weighted by Gasteiger charge is -2.15. The quantitative estimate of drug-likeness (QED) is 0.693. The fourth-order valence-corrected chi connectivity index (χ4v) is 1.70. The molecule has 5 heteroatoms. The van der Waals surface area contributed by atoms with E-state index in [2.05, 4.69) is 5.32 Å². The SMILES string of the molecule is COC(CNC(=O)CCC(N)c1ccccc1)OC. The number of carbonyl (C=O) groups excluding carboxylic acids is 1. The van der Waals surface area contributed by atoms with Crippen molar-refractivity contribution in [3.8, 4) is 0 Å². The number of rotatable bonds is 8. The van der Waals surface area contributed by atoms with Gasteiger partial charge in [-0.25, -0.2) is 0 Å². The van der Waals surface area contributed by atoms with Gasteiger partial charge in [0.1, 0.15) is 0 Å². The topological polar surface area (TPSA) is 73.6 Å². The van der Waals surface area contributed by atoms with E-state index in [0.29, 0.717) is 19.4 Å². The van der Waals surface area contributed by atoms with Crippen LogP contribution in [-0.4, -0.2) is 33.0 Å². The normalized spacial score (nSPS) is 12.4. The maximum absolute atomic E-state index is 11.6. The molecule has 1 aromatic carbocycles. The van der Waals surface area contributed by atoms with E-state index in [4.69, 9.17) is 15.2 Å². The Labute approximate surface area is 114 Å². The molecule has 0 aromatic heterocycles. The lowest BCUT2D eigenvalue weighted by molar-refractivity contribution is -0.127. The Morgan fingerprint density at radius 2 is 1.89 bits per heavy atom. The maximum Gasteiger partial charge on any atom is 0.220 e. The summed E-state index contributed by atoms with van der Waals surface area (Å²) >= 11 is 0. The van der Waals surface area contributed by atoms with Crippen LogP contribution in [0.15, 0.2) is 30.3 Å². The van der Waals surface area contributed by atoms with Crippen LogP contribution < -0.4 is 11.1 Å². The van der Waals surface area contributed by atoms with Crippen molar-refractivity contribution in [2.45, 2.75) is 25.2 Å². The molecule has 1 unspecified atom stereocenters. The van der Waals surface area contributed by atoms with Gasteiger partial charge in [-0.2, -0.15) is 0 Å². The molecule has 1 atom stereocenters. The fraction of sp³-hybridized carbons (Fsp3) is 0.500. The molecule has 0 aliphatic heterocycles. The van der Waals surface area contributed by atoms with Gasteiger partial charge in [0.2, 0.25) is 5.91 Å². The summed E-state index contributed by atoms with van der Waals surface area (Å²) < 4.78 is 9.97. The highest BCUT2D eigenvalue weighted by molar-refractivity contribution is 5.75. The van der Waals surface area contributed by atoms with Crippen molar-refractivity contribution in [2.75, 3.05) is 20.8 Å². The molecule has 1 rings (SSSR count). The number of nitrogens with one attached hydrogen (secondary N) is 1. The number of carbonyl (C=O) groups is 1. The first-order valence-electron chi connectivity index (χ1n) is 6.30. The van der Waals surface area contributed by atoms with E-state index in [0.717, 1.165) is 5.56 Å². The van der Waals surface area contributed by atoms with Gasteiger partial charge in [-0.15, -0.1) is 0 Å². The van der Waals surface area contributed by atoms with Gasteiger partial charge in [0, 0.05) is 26.7 Å². The second-order valence-corrected chi connectivity index (χ2v) is 4.26. The average molecular weight is 266 g/mol. The highest BCUT2D eigenvalue weighted by atomic mass is 16.7. The number of methoxy groups -OCH3 is 2. The highest BCUT2D eigenvalue weighted by Gasteiger charge is 2.11. The molecular weight excluding hydrogens is 244 g/mol. The summed E-state index contributed by atoms with van der Waals surface area (Å²) in [4.78, 5) is 11.6. The lowest BCUT2D eigenvalue weighted by Crippen LogP contribution is -2.34. The predicted molar refractivity (Wildman–Crippen MR) is 73.4 cm³/mol. The molecule has 5 nitrogen and oxygen atoms in total. The first-order valence-corrected chi connectivity index (χ1v) is 6.30. The third kappa shape index (κ3) is 5.83. The monoisotopic (exact) mass is 266 g/mol. The van der Waals surface area contributed by atoms with Crippen molar-refractivity contribution in [1.29, 1.82) is 0 Å². The largest absolute Gasteiger partial charge is 0.354 e. The number of nitrogens with two attached hydrogens (primary N) is 1. The minimum atomic E-state index is -0.410. The van der Waals surface area contributed by atoms with Gasteiger partial charge >= 0.3 is 0 Å². The summed E-state index contributed by atoms with van der Waals surface area (Å²) in [6.07, 6.45) is 0.586. The lowest BCUT2D eigenvalue weighted by atomic mass is 10.0. The Morgan fingerprint density at radius 3 is 2.47 bits per heavy atom. The van der Waals surface area contributed by atoms with Crippen LogP contribution in [0, 0.1) is 0 Å². The van der Waals surface area contributed by atoms with Crippen LogP contribution in [0.4, 0.5) is 0 Å². The molecule has 106 valence electrons. The molecule has 0 aliphatic rings. The van der Waals surface area contributed by atoms with E-state index in [9.17, 15) is 4.79 Å². The molecule has 0 aliphatic carbocycles. The van der Waals surface area contributed by atoms with Gasteiger partial charge in [-0.1, -0.05) is 30.3 Å². The number of hydrogen-bond donors (Lipinski definition) is 2. The van der Waals surface area contributed by atoms with Crippen molar-refractivity contribution in [1.82, 2.24) is 5.32 Å². The maximum atomic E-state index is 11.6. The highest BCUT2D eigenvalue weighted by Crippen LogP contribution is 2.14. The minimum absolute atomic E-state index is 0.0505. The molecule has 0 heterocycles. The Morgan fingerprint density at radius 1 is 1.26 bits per heavy atom. The number of amides is 1. The van der Waals surface area contributed by atoms with Crippen molar-refractivity contribution in [3.63, 3.8) is 0 Å². The van der Waals surface area contributed by atoms with Gasteiger partial charge < -0.3 is 20.5 Å². The third-order valence-electron chi connectivity index (χ3n) is 2.90. The molecule has 19 heavy (non-hydrogen) atoms. The van der Waals surface area contributed by atoms with Crippen molar-refractivity contribution in [2.24, 2.45) is 5.73 Å². The smallest absolute Gasteiger partial charge is 0.220 e. The van der Waals surface area contributed by atoms with E-state index in [1.165, 1.54) is 14.2 Å².